The molecule has 1 amide bonds. The van der Waals surface area contributed by atoms with Crippen LogP contribution in [0, 0.1) is 12.8 Å². The summed E-state index contributed by atoms with van der Waals surface area (Å²) in [6, 6.07) is 3.45. The summed E-state index contributed by atoms with van der Waals surface area (Å²) in [6.07, 6.45) is 3.02. The summed E-state index contributed by atoms with van der Waals surface area (Å²) in [6.45, 7) is 2.70. The first kappa shape index (κ1) is 12.5. The van der Waals surface area contributed by atoms with Crippen LogP contribution in [0.25, 0.3) is 0 Å². The van der Waals surface area contributed by atoms with Crippen LogP contribution >= 0.6 is 0 Å². The van der Waals surface area contributed by atoms with Crippen molar-refractivity contribution in [2.45, 2.75) is 19.8 Å². The van der Waals surface area contributed by atoms with Crippen molar-refractivity contribution in [3.05, 3.63) is 29.6 Å². The van der Waals surface area contributed by atoms with Crippen LogP contribution in [-0.2, 0) is 4.79 Å². The van der Waals surface area contributed by atoms with Gasteiger partial charge >= 0.3 is 5.97 Å². The van der Waals surface area contributed by atoms with E-state index in [1.54, 1.807) is 30.2 Å². The number of hydrogen-bond donors (Lipinski definition) is 1. The van der Waals surface area contributed by atoms with Crippen molar-refractivity contribution in [3.8, 4) is 0 Å². The number of carbonyl (C=O) groups excluding carboxylic acids is 1. The van der Waals surface area contributed by atoms with E-state index < -0.39 is 11.9 Å². The molecule has 1 aromatic heterocycles. The number of nitrogens with zero attached hydrogens (tertiary/aromatic N) is 2. The average Bonchev–Trinajstić information content (AvgIpc) is 2.38. The number of piperidine rings is 1. The SMILES string of the molecule is Cc1ncccc1C(=O)N1CCC[C@@H](C(=O)O)C1. The van der Waals surface area contributed by atoms with Gasteiger partial charge in [-0.3, -0.25) is 14.6 Å². The molecule has 1 aliphatic rings. The lowest BCUT2D eigenvalue weighted by atomic mass is 9.97. The fraction of sp³-hybridized carbons (Fsp3) is 0.462. The van der Waals surface area contributed by atoms with Crippen LogP contribution in [0.1, 0.15) is 28.9 Å². The molecule has 0 spiro atoms. The van der Waals surface area contributed by atoms with E-state index in [1.807, 2.05) is 0 Å². The lowest BCUT2D eigenvalue weighted by molar-refractivity contribution is -0.143. The molecule has 5 nitrogen and oxygen atoms in total. The van der Waals surface area contributed by atoms with E-state index in [9.17, 15) is 9.59 Å². The quantitative estimate of drug-likeness (QED) is 0.857. The number of aryl methyl sites for hydroxylation is 1. The minimum atomic E-state index is -0.824. The smallest absolute Gasteiger partial charge is 0.308 e. The first-order chi connectivity index (χ1) is 8.59. The Balaban J connectivity index is 2.14. The number of amides is 1. The molecule has 0 aromatic carbocycles. The summed E-state index contributed by atoms with van der Waals surface area (Å²) < 4.78 is 0. The summed E-state index contributed by atoms with van der Waals surface area (Å²) in [5.41, 5.74) is 1.24. The van der Waals surface area contributed by atoms with Gasteiger partial charge in [0.05, 0.1) is 11.5 Å². The molecule has 2 rings (SSSR count). The van der Waals surface area contributed by atoms with E-state index in [0.717, 1.165) is 6.42 Å². The van der Waals surface area contributed by atoms with Gasteiger partial charge < -0.3 is 10.0 Å². The number of carboxylic acid groups (broad SMARTS) is 1. The van der Waals surface area contributed by atoms with Crippen molar-refractivity contribution in [1.29, 1.82) is 0 Å². The third-order valence-corrected chi connectivity index (χ3v) is 3.30. The maximum absolute atomic E-state index is 12.3. The normalized spacial score (nSPS) is 19.6. The highest BCUT2D eigenvalue weighted by Gasteiger charge is 2.29. The van der Waals surface area contributed by atoms with Gasteiger partial charge in [-0.1, -0.05) is 0 Å². The zero-order chi connectivity index (χ0) is 13.1. The van der Waals surface area contributed by atoms with Crippen molar-refractivity contribution in [1.82, 2.24) is 9.88 Å². The van der Waals surface area contributed by atoms with Crippen molar-refractivity contribution in [3.63, 3.8) is 0 Å². The van der Waals surface area contributed by atoms with Crippen molar-refractivity contribution >= 4 is 11.9 Å². The van der Waals surface area contributed by atoms with Crippen molar-refractivity contribution in [2.75, 3.05) is 13.1 Å². The number of likely N-dealkylation sites (tertiary alicyclic amines) is 1. The van der Waals surface area contributed by atoms with Crippen LogP contribution in [0.2, 0.25) is 0 Å². The minimum absolute atomic E-state index is 0.119. The third kappa shape index (κ3) is 2.50. The van der Waals surface area contributed by atoms with Gasteiger partial charge in [-0.2, -0.15) is 0 Å². The molecule has 0 bridgehead atoms. The Bertz CT molecular complexity index is 473. The van der Waals surface area contributed by atoms with Gasteiger partial charge in [0.1, 0.15) is 0 Å². The number of hydrogen-bond acceptors (Lipinski definition) is 3. The first-order valence-corrected chi connectivity index (χ1v) is 6.03. The van der Waals surface area contributed by atoms with Gasteiger partial charge in [-0.15, -0.1) is 0 Å². The van der Waals surface area contributed by atoms with Crippen LogP contribution in [0.3, 0.4) is 0 Å². The van der Waals surface area contributed by atoms with E-state index in [2.05, 4.69) is 4.98 Å². The number of rotatable bonds is 2. The Morgan fingerprint density at radius 3 is 2.94 bits per heavy atom. The maximum Gasteiger partial charge on any atom is 0.308 e. The fourth-order valence-electron chi connectivity index (χ4n) is 2.24. The van der Waals surface area contributed by atoms with Gasteiger partial charge in [-0.25, -0.2) is 0 Å². The number of aromatic nitrogens is 1. The minimum Gasteiger partial charge on any atom is -0.481 e. The molecule has 5 heteroatoms. The van der Waals surface area contributed by atoms with E-state index in [0.29, 0.717) is 30.8 Å². The topological polar surface area (TPSA) is 70.5 Å². The molecule has 1 aliphatic heterocycles. The standard InChI is InChI=1S/C13H16N2O3/c1-9-11(5-2-6-14-9)12(16)15-7-3-4-10(8-15)13(17)18/h2,5-6,10H,3-4,7-8H2,1H3,(H,17,18)/t10-/m1/s1. The number of carbonyl (C=O) groups is 2. The Hall–Kier alpha value is -1.91. The molecule has 2 heterocycles. The molecule has 1 saturated heterocycles. The Kier molecular flexibility index (Phi) is 3.60. The van der Waals surface area contributed by atoms with Gasteiger partial charge in [0.15, 0.2) is 0 Å². The summed E-state index contributed by atoms with van der Waals surface area (Å²) >= 11 is 0. The molecular weight excluding hydrogens is 232 g/mol. The fourth-order valence-corrected chi connectivity index (χ4v) is 2.24. The van der Waals surface area contributed by atoms with Crippen molar-refractivity contribution in [2.24, 2.45) is 5.92 Å². The molecule has 1 atom stereocenters. The summed E-state index contributed by atoms with van der Waals surface area (Å²) in [5.74, 6) is -1.39. The molecule has 0 saturated carbocycles. The molecule has 0 unspecified atom stereocenters. The van der Waals surface area contributed by atoms with Gasteiger partial charge in [0.2, 0.25) is 0 Å². The largest absolute Gasteiger partial charge is 0.481 e. The summed E-state index contributed by atoms with van der Waals surface area (Å²) in [5, 5.41) is 9.01. The highest BCUT2D eigenvalue weighted by atomic mass is 16.4. The van der Waals surface area contributed by atoms with E-state index in [4.69, 9.17) is 5.11 Å². The van der Waals surface area contributed by atoms with Gasteiger partial charge in [-0.05, 0) is 31.9 Å². The van der Waals surface area contributed by atoms with Crippen LogP contribution in [0.5, 0.6) is 0 Å². The molecule has 1 N–H and O–H groups in total. The Morgan fingerprint density at radius 1 is 1.50 bits per heavy atom. The van der Waals surface area contributed by atoms with E-state index >= 15 is 0 Å². The zero-order valence-electron chi connectivity index (χ0n) is 10.3. The second kappa shape index (κ2) is 5.16. The number of aliphatic carboxylic acids is 1. The van der Waals surface area contributed by atoms with E-state index in [1.165, 1.54) is 0 Å². The highest BCUT2D eigenvalue weighted by molar-refractivity contribution is 5.95. The summed E-state index contributed by atoms with van der Waals surface area (Å²) in [4.78, 5) is 29.0. The lowest BCUT2D eigenvalue weighted by Crippen LogP contribution is -2.42. The van der Waals surface area contributed by atoms with Crippen LogP contribution in [-0.4, -0.2) is 40.0 Å². The number of carboxylic acids is 1. The molecule has 1 aromatic rings. The molecular formula is C13H16N2O3. The third-order valence-electron chi connectivity index (χ3n) is 3.30. The second-order valence-corrected chi connectivity index (χ2v) is 4.56. The highest BCUT2D eigenvalue weighted by Crippen LogP contribution is 2.19. The van der Waals surface area contributed by atoms with Gasteiger partial charge in [0, 0.05) is 25.0 Å². The molecule has 18 heavy (non-hydrogen) atoms. The first-order valence-electron chi connectivity index (χ1n) is 6.03. The molecule has 96 valence electrons. The lowest BCUT2D eigenvalue weighted by Gasteiger charge is -2.31. The molecule has 0 aliphatic carbocycles. The van der Waals surface area contributed by atoms with Crippen LogP contribution in [0.4, 0.5) is 0 Å². The Morgan fingerprint density at radius 2 is 2.28 bits per heavy atom. The average molecular weight is 248 g/mol. The second-order valence-electron chi connectivity index (χ2n) is 4.56. The van der Waals surface area contributed by atoms with Gasteiger partial charge in [0.25, 0.3) is 5.91 Å². The number of pyridine rings is 1. The predicted molar refractivity (Wildman–Crippen MR) is 65.2 cm³/mol. The summed E-state index contributed by atoms with van der Waals surface area (Å²) in [7, 11) is 0. The zero-order valence-corrected chi connectivity index (χ0v) is 10.3. The van der Waals surface area contributed by atoms with Crippen LogP contribution < -0.4 is 0 Å². The monoisotopic (exact) mass is 248 g/mol. The van der Waals surface area contributed by atoms with E-state index in [-0.39, 0.29) is 5.91 Å². The molecule has 1 fully saturated rings. The Labute approximate surface area is 105 Å². The molecule has 0 radical (unpaired) electrons. The predicted octanol–water partition coefficient (Wildman–Crippen LogP) is 1.33. The maximum atomic E-state index is 12.3. The van der Waals surface area contributed by atoms with Crippen molar-refractivity contribution < 1.29 is 14.7 Å². The van der Waals surface area contributed by atoms with Crippen LogP contribution in [0.15, 0.2) is 18.3 Å².